The molecule has 3 nitrogen and oxygen atoms in total. The van der Waals surface area contributed by atoms with E-state index in [9.17, 15) is 4.79 Å². The van der Waals surface area contributed by atoms with Crippen molar-refractivity contribution in [2.45, 2.75) is 13.8 Å². The number of furan rings is 1. The van der Waals surface area contributed by atoms with Crippen LogP contribution in [0.3, 0.4) is 0 Å². The fourth-order valence-electron chi connectivity index (χ4n) is 2.33. The zero-order valence-corrected chi connectivity index (χ0v) is 14.4. The average Bonchev–Trinajstić information content (AvgIpc) is 2.81. The summed E-state index contributed by atoms with van der Waals surface area (Å²) in [5, 5.41) is 4.39. The van der Waals surface area contributed by atoms with E-state index in [1.54, 1.807) is 12.1 Å². The first-order valence-corrected chi connectivity index (χ1v) is 7.89. The van der Waals surface area contributed by atoms with Gasteiger partial charge in [-0.15, -0.1) is 0 Å². The Balaban J connectivity index is 1.99. The molecule has 0 aliphatic heterocycles. The Morgan fingerprint density at radius 1 is 1.18 bits per heavy atom. The Labute approximate surface area is 141 Å². The van der Waals surface area contributed by atoms with Gasteiger partial charge in [0.2, 0.25) is 0 Å². The van der Waals surface area contributed by atoms with Gasteiger partial charge in [-0.25, -0.2) is 0 Å². The topological polar surface area (TPSA) is 42.2 Å². The summed E-state index contributed by atoms with van der Waals surface area (Å²) in [6, 6.07) is 11.1. The van der Waals surface area contributed by atoms with E-state index in [-0.39, 0.29) is 5.91 Å². The zero-order chi connectivity index (χ0) is 15.9. The third-order valence-electron chi connectivity index (χ3n) is 3.62. The molecule has 3 aromatic rings. The van der Waals surface area contributed by atoms with Crippen molar-refractivity contribution >= 4 is 50.1 Å². The van der Waals surface area contributed by atoms with E-state index in [0.717, 1.165) is 21.0 Å². The number of halogens is 2. The Kier molecular flexibility index (Phi) is 3.98. The van der Waals surface area contributed by atoms with Crippen molar-refractivity contribution < 1.29 is 9.21 Å². The summed E-state index contributed by atoms with van der Waals surface area (Å²) in [6.45, 7) is 3.73. The molecule has 0 aliphatic rings. The predicted molar refractivity (Wildman–Crippen MR) is 92.8 cm³/mol. The minimum Gasteiger partial charge on any atom is -0.451 e. The van der Waals surface area contributed by atoms with Crippen LogP contribution < -0.4 is 5.32 Å². The minimum atomic E-state index is -0.282. The van der Waals surface area contributed by atoms with Gasteiger partial charge in [0.15, 0.2) is 5.76 Å². The third-order valence-corrected chi connectivity index (χ3v) is 4.52. The van der Waals surface area contributed by atoms with Crippen LogP contribution in [0, 0.1) is 13.8 Å². The van der Waals surface area contributed by atoms with E-state index in [4.69, 9.17) is 16.0 Å². The molecule has 1 N–H and O–H groups in total. The highest BCUT2D eigenvalue weighted by atomic mass is 79.9. The maximum Gasteiger partial charge on any atom is 0.291 e. The number of fused-ring (bicyclic) bond motifs is 1. The first kappa shape index (κ1) is 15.1. The van der Waals surface area contributed by atoms with Gasteiger partial charge in [0.05, 0.1) is 0 Å². The van der Waals surface area contributed by atoms with Crippen LogP contribution in [0.5, 0.6) is 0 Å². The van der Waals surface area contributed by atoms with Crippen molar-refractivity contribution in [1.29, 1.82) is 0 Å². The Hall–Kier alpha value is -1.78. The van der Waals surface area contributed by atoms with Gasteiger partial charge in [-0.2, -0.15) is 0 Å². The quantitative estimate of drug-likeness (QED) is 0.620. The number of amides is 1. The maximum atomic E-state index is 12.5. The van der Waals surface area contributed by atoms with Crippen molar-refractivity contribution in [2.75, 3.05) is 5.32 Å². The molecule has 1 aromatic heterocycles. The number of carbonyl (C=O) groups excluding carboxylic acids is 1. The van der Waals surface area contributed by atoms with E-state index in [0.29, 0.717) is 22.1 Å². The first-order valence-electron chi connectivity index (χ1n) is 6.72. The van der Waals surface area contributed by atoms with Gasteiger partial charge in [-0.05, 0) is 49.7 Å². The molecule has 112 valence electrons. The van der Waals surface area contributed by atoms with Crippen LogP contribution in [0.25, 0.3) is 11.0 Å². The Bertz CT molecular complexity index is 886. The van der Waals surface area contributed by atoms with Crippen molar-refractivity contribution in [3.8, 4) is 0 Å². The first-order chi connectivity index (χ1) is 10.5. The lowest BCUT2D eigenvalue weighted by molar-refractivity contribution is 0.0998. The normalized spacial score (nSPS) is 10.9. The number of rotatable bonds is 2. The number of nitrogens with one attached hydrogen (secondary N) is 1. The lowest BCUT2D eigenvalue weighted by Gasteiger charge is -2.08. The zero-order valence-electron chi connectivity index (χ0n) is 12.0. The Morgan fingerprint density at radius 3 is 2.73 bits per heavy atom. The molecule has 2 aromatic carbocycles. The molecule has 0 bridgehead atoms. The summed E-state index contributed by atoms with van der Waals surface area (Å²) in [5.41, 5.74) is 3.01. The van der Waals surface area contributed by atoms with E-state index in [2.05, 4.69) is 21.2 Å². The predicted octanol–water partition coefficient (Wildman–Crippen LogP) is 5.72. The number of anilines is 1. The van der Waals surface area contributed by atoms with Crippen molar-refractivity contribution in [1.82, 2.24) is 0 Å². The maximum absolute atomic E-state index is 12.5. The Morgan fingerprint density at radius 2 is 1.95 bits per heavy atom. The molecule has 0 saturated carbocycles. The second-order valence-corrected chi connectivity index (χ2v) is 6.39. The molecular weight excluding hydrogens is 366 g/mol. The van der Waals surface area contributed by atoms with Crippen molar-refractivity contribution in [2.24, 2.45) is 0 Å². The van der Waals surface area contributed by atoms with Gasteiger partial charge in [-0.1, -0.05) is 33.6 Å². The molecule has 0 radical (unpaired) electrons. The summed E-state index contributed by atoms with van der Waals surface area (Å²) >= 11 is 9.50. The molecule has 0 unspecified atom stereocenters. The van der Waals surface area contributed by atoms with Crippen molar-refractivity contribution in [3.63, 3.8) is 0 Å². The van der Waals surface area contributed by atoms with Crippen LogP contribution in [0.15, 0.2) is 45.3 Å². The molecule has 22 heavy (non-hydrogen) atoms. The van der Waals surface area contributed by atoms with Gasteiger partial charge < -0.3 is 9.73 Å². The fraction of sp³-hybridized carbons (Fsp3) is 0.118. The molecule has 0 saturated heterocycles. The van der Waals surface area contributed by atoms with Crippen LogP contribution in [-0.2, 0) is 0 Å². The molecule has 1 heterocycles. The lowest BCUT2D eigenvalue weighted by Crippen LogP contribution is -2.13. The number of aryl methyl sites for hydroxylation is 1. The summed E-state index contributed by atoms with van der Waals surface area (Å²) in [5.74, 6) is 0.0302. The largest absolute Gasteiger partial charge is 0.451 e. The summed E-state index contributed by atoms with van der Waals surface area (Å²) < 4.78 is 6.64. The number of hydrogen-bond acceptors (Lipinski definition) is 2. The highest BCUT2D eigenvalue weighted by Gasteiger charge is 2.18. The summed E-state index contributed by atoms with van der Waals surface area (Å²) in [6.07, 6.45) is 0. The smallest absolute Gasteiger partial charge is 0.291 e. The molecular formula is C17H13BrClNO2. The summed E-state index contributed by atoms with van der Waals surface area (Å²) in [7, 11) is 0. The van der Waals surface area contributed by atoms with Crippen LogP contribution in [0.2, 0.25) is 5.02 Å². The molecule has 0 fully saturated rings. The van der Waals surface area contributed by atoms with Gasteiger partial charge in [0, 0.05) is 26.1 Å². The number of carbonyl (C=O) groups is 1. The van der Waals surface area contributed by atoms with E-state index < -0.39 is 0 Å². The highest BCUT2D eigenvalue weighted by molar-refractivity contribution is 9.10. The molecule has 5 heteroatoms. The molecule has 0 spiro atoms. The third kappa shape index (κ3) is 2.64. The van der Waals surface area contributed by atoms with Crippen molar-refractivity contribution in [3.05, 3.63) is 62.8 Å². The molecule has 1 amide bonds. The van der Waals surface area contributed by atoms with Gasteiger partial charge in [-0.3, -0.25) is 4.79 Å². The monoisotopic (exact) mass is 377 g/mol. The number of hydrogen-bond donors (Lipinski definition) is 1. The summed E-state index contributed by atoms with van der Waals surface area (Å²) in [4.78, 5) is 12.5. The van der Waals surface area contributed by atoms with Crippen LogP contribution >= 0.6 is 27.5 Å². The molecule has 3 rings (SSSR count). The fourth-order valence-corrected chi connectivity index (χ4v) is 2.87. The second-order valence-electron chi connectivity index (χ2n) is 5.06. The van der Waals surface area contributed by atoms with Gasteiger partial charge >= 0.3 is 0 Å². The van der Waals surface area contributed by atoms with Gasteiger partial charge in [0.25, 0.3) is 5.91 Å². The number of benzene rings is 2. The van der Waals surface area contributed by atoms with Crippen LogP contribution in [-0.4, -0.2) is 5.91 Å². The molecule has 0 atom stereocenters. The minimum absolute atomic E-state index is 0.282. The lowest BCUT2D eigenvalue weighted by atomic mass is 10.1. The average molecular weight is 379 g/mol. The van der Waals surface area contributed by atoms with E-state index in [1.807, 2.05) is 38.1 Å². The standard InChI is InChI=1S/C17H13BrClNO2/c1-9-12-8-11(18)6-7-15(12)22-16(9)17(21)20-14-5-3-4-13(19)10(14)2/h3-8H,1-2H3,(H,20,21). The van der Waals surface area contributed by atoms with Crippen LogP contribution in [0.4, 0.5) is 5.69 Å². The van der Waals surface area contributed by atoms with Crippen LogP contribution in [0.1, 0.15) is 21.7 Å². The van der Waals surface area contributed by atoms with Gasteiger partial charge in [0.1, 0.15) is 5.58 Å². The van der Waals surface area contributed by atoms with E-state index >= 15 is 0 Å². The SMILES string of the molecule is Cc1c(Cl)cccc1NC(=O)c1oc2ccc(Br)cc2c1C. The second kappa shape index (κ2) is 5.78. The van der Waals surface area contributed by atoms with E-state index in [1.165, 1.54) is 0 Å². The molecule has 0 aliphatic carbocycles. The highest BCUT2D eigenvalue weighted by Crippen LogP contribution is 2.29.